The van der Waals surface area contributed by atoms with E-state index in [9.17, 15) is 4.79 Å². The molecule has 0 radical (unpaired) electrons. The van der Waals surface area contributed by atoms with E-state index in [4.69, 9.17) is 11.6 Å². The number of carbonyl (C=O) groups excluding carboxylic acids is 1. The number of hydrogen-bond acceptors (Lipinski definition) is 4. The number of aryl methyl sites for hydroxylation is 1. The van der Waals surface area contributed by atoms with Crippen LogP contribution >= 0.6 is 11.6 Å². The van der Waals surface area contributed by atoms with E-state index in [0.717, 1.165) is 5.69 Å². The molecule has 0 amide bonds. The lowest BCUT2D eigenvalue weighted by molar-refractivity contribution is 0.111. The number of alkyl halides is 1. The molecule has 5 nitrogen and oxygen atoms in total. The van der Waals surface area contributed by atoms with E-state index in [1.807, 2.05) is 6.92 Å². The fourth-order valence-corrected chi connectivity index (χ4v) is 1.31. The number of fused-ring (bicyclic) bond motifs is 1. The summed E-state index contributed by atoms with van der Waals surface area (Å²) in [6.07, 6.45) is 0.683. The molecule has 0 atom stereocenters. The van der Waals surface area contributed by atoms with Crippen molar-refractivity contribution in [1.82, 2.24) is 19.6 Å². The first kappa shape index (κ1) is 9.08. The normalized spacial score (nSPS) is 10.7. The van der Waals surface area contributed by atoms with Crippen molar-refractivity contribution in [1.29, 1.82) is 0 Å². The van der Waals surface area contributed by atoms with Crippen LogP contribution < -0.4 is 0 Å². The maximum absolute atomic E-state index is 10.5. The van der Waals surface area contributed by atoms with Crippen LogP contribution in [0.3, 0.4) is 0 Å². The largest absolute Gasteiger partial charge is 0.296 e. The first-order chi connectivity index (χ1) is 6.74. The molecule has 2 aromatic heterocycles. The lowest BCUT2D eigenvalue weighted by atomic mass is 10.3. The maximum Gasteiger partial charge on any atom is 0.253 e. The van der Waals surface area contributed by atoms with Gasteiger partial charge in [-0.3, -0.25) is 4.79 Å². The molecule has 0 N–H and O–H groups in total. The first-order valence-corrected chi connectivity index (χ1v) is 4.52. The number of aromatic nitrogens is 4. The highest BCUT2D eigenvalue weighted by atomic mass is 35.5. The van der Waals surface area contributed by atoms with Gasteiger partial charge >= 0.3 is 0 Å². The predicted octanol–water partition coefficient (Wildman–Crippen LogP) is 0.984. The van der Waals surface area contributed by atoms with Crippen molar-refractivity contribution in [2.24, 2.45) is 0 Å². The standard InChI is InChI=1S/C8H7ClN4O/c1-5-2-6(4-14)10-8-11-7(3-9)12-13(5)8/h2,4H,3H2,1H3. The Morgan fingerprint density at radius 2 is 2.36 bits per heavy atom. The summed E-state index contributed by atoms with van der Waals surface area (Å²) in [7, 11) is 0. The van der Waals surface area contributed by atoms with Crippen LogP contribution in [0, 0.1) is 6.92 Å². The lowest BCUT2D eigenvalue weighted by Gasteiger charge is -1.96. The first-order valence-electron chi connectivity index (χ1n) is 3.99. The van der Waals surface area contributed by atoms with Crippen LogP contribution in [0.15, 0.2) is 6.07 Å². The van der Waals surface area contributed by atoms with Crippen LogP contribution in [0.4, 0.5) is 0 Å². The Labute approximate surface area is 84.7 Å². The zero-order chi connectivity index (χ0) is 10.1. The van der Waals surface area contributed by atoms with Gasteiger partial charge in [-0.1, -0.05) is 0 Å². The average Bonchev–Trinajstić information content (AvgIpc) is 2.61. The molecule has 0 bridgehead atoms. The van der Waals surface area contributed by atoms with Crippen molar-refractivity contribution in [3.63, 3.8) is 0 Å². The smallest absolute Gasteiger partial charge is 0.253 e. The van der Waals surface area contributed by atoms with Crippen LogP contribution in [-0.4, -0.2) is 25.9 Å². The number of rotatable bonds is 2. The van der Waals surface area contributed by atoms with Crippen molar-refractivity contribution in [2.45, 2.75) is 12.8 Å². The number of aldehydes is 1. The molecule has 2 rings (SSSR count). The molecule has 0 aliphatic heterocycles. The number of hydrogen-bond donors (Lipinski definition) is 0. The van der Waals surface area contributed by atoms with E-state index in [-0.39, 0.29) is 5.88 Å². The summed E-state index contributed by atoms with van der Waals surface area (Å²) in [5.41, 5.74) is 1.16. The Balaban J connectivity index is 2.73. The van der Waals surface area contributed by atoms with Crippen molar-refractivity contribution >= 4 is 23.7 Å². The van der Waals surface area contributed by atoms with Crippen LogP contribution in [0.2, 0.25) is 0 Å². The van der Waals surface area contributed by atoms with Crippen molar-refractivity contribution < 1.29 is 4.79 Å². The van der Waals surface area contributed by atoms with Gasteiger partial charge in [-0.05, 0) is 13.0 Å². The van der Waals surface area contributed by atoms with Gasteiger partial charge in [0.1, 0.15) is 5.69 Å². The Morgan fingerprint density at radius 1 is 1.57 bits per heavy atom. The Hall–Kier alpha value is -1.49. The molecule has 2 heterocycles. The fraction of sp³-hybridized carbons (Fsp3) is 0.250. The molecule has 0 saturated carbocycles. The SMILES string of the molecule is Cc1cc(C=O)nc2nc(CCl)nn12. The zero-order valence-electron chi connectivity index (χ0n) is 7.44. The van der Waals surface area contributed by atoms with E-state index >= 15 is 0 Å². The van der Waals surface area contributed by atoms with Crippen molar-refractivity contribution in [3.8, 4) is 0 Å². The summed E-state index contributed by atoms with van der Waals surface area (Å²) >= 11 is 5.59. The van der Waals surface area contributed by atoms with Gasteiger partial charge in [-0.25, -0.2) is 9.50 Å². The van der Waals surface area contributed by atoms with Crippen LogP contribution in [0.25, 0.3) is 5.78 Å². The van der Waals surface area contributed by atoms with Gasteiger partial charge in [0.15, 0.2) is 12.1 Å². The average molecular weight is 211 g/mol. The van der Waals surface area contributed by atoms with E-state index in [0.29, 0.717) is 23.6 Å². The highest BCUT2D eigenvalue weighted by Crippen LogP contribution is 2.05. The van der Waals surface area contributed by atoms with E-state index in [1.165, 1.54) is 0 Å². The van der Waals surface area contributed by atoms with Gasteiger partial charge in [0.25, 0.3) is 5.78 Å². The zero-order valence-corrected chi connectivity index (χ0v) is 8.19. The van der Waals surface area contributed by atoms with Gasteiger partial charge < -0.3 is 0 Å². The molecule has 0 aliphatic carbocycles. The second-order valence-electron chi connectivity index (χ2n) is 2.81. The Bertz CT molecular complexity index is 493. The molecule has 0 aromatic carbocycles. The second kappa shape index (κ2) is 3.34. The quantitative estimate of drug-likeness (QED) is 0.548. The summed E-state index contributed by atoms with van der Waals surface area (Å²) in [5.74, 6) is 1.15. The number of carbonyl (C=O) groups is 1. The summed E-state index contributed by atoms with van der Waals surface area (Å²) in [6, 6.07) is 1.65. The minimum absolute atomic E-state index is 0.235. The molecular formula is C8H7ClN4O. The van der Waals surface area contributed by atoms with Crippen molar-refractivity contribution in [3.05, 3.63) is 23.3 Å². The summed E-state index contributed by atoms with van der Waals surface area (Å²) < 4.78 is 1.56. The minimum atomic E-state index is 0.235. The summed E-state index contributed by atoms with van der Waals surface area (Å²) in [5, 5.41) is 4.10. The molecule has 6 heteroatoms. The lowest BCUT2D eigenvalue weighted by Crippen LogP contribution is -1.99. The van der Waals surface area contributed by atoms with E-state index in [2.05, 4.69) is 15.1 Å². The fourth-order valence-electron chi connectivity index (χ4n) is 1.19. The monoisotopic (exact) mass is 210 g/mol. The minimum Gasteiger partial charge on any atom is -0.296 e. The van der Waals surface area contributed by atoms with Crippen molar-refractivity contribution in [2.75, 3.05) is 0 Å². The summed E-state index contributed by atoms with van der Waals surface area (Å²) in [6.45, 7) is 1.83. The summed E-state index contributed by atoms with van der Waals surface area (Å²) in [4.78, 5) is 18.6. The van der Waals surface area contributed by atoms with Crippen LogP contribution in [0.5, 0.6) is 0 Å². The number of nitrogens with zero attached hydrogens (tertiary/aromatic N) is 4. The van der Waals surface area contributed by atoms with E-state index in [1.54, 1.807) is 10.6 Å². The van der Waals surface area contributed by atoms with Gasteiger partial charge in [0.2, 0.25) is 0 Å². The van der Waals surface area contributed by atoms with Gasteiger partial charge in [-0.2, -0.15) is 4.98 Å². The molecule has 0 unspecified atom stereocenters. The Kier molecular flexibility index (Phi) is 2.17. The van der Waals surface area contributed by atoms with Gasteiger partial charge in [-0.15, -0.1) is 16.7 Å². The second-order valence-corrected chi connectivity index (χ2v) is 3.08. The van der Waals surface area contributed by atoms with Crippen LogP contribution in [0.1, 0.15) is 22.0 Å². The highest BCUT2D eigenvalue weighted by Gasteiger charge is 2.07. The van der Waals surface area contributed by atoms with E-state index < -0.39 is 0 Å². The molecule has 14 heavy (non-hydrogen) atoms. The molecule has 72 valence electrons. The third-order valence-corrected chi connectivity index (χ3v) is 2.03. The molecule has 0 fully saturated rings. The highest BCUT2D eigenvalue weighted by molar-refractivity contribution is 6.16. The molecule has 0 aliphatic rings. The molecule has 0 spiro atoms. The number of halogens is 1. The predicted molar refractivity (Wildman–Crippen MR) is 50.5 cm³/mol. The van der Waals surface area contributed by atoms with Crippen LogP contribution in [-0.2, 0) is 5.88 Å². The molecule has 0 saturated heterocycles. The third-order valence-electron chi connectivity index (χ3n) is 1.79. The molecule has 2 aromatic rings. The Morgan fingerprint density at radius 3 is 3.00 bits per heavy atom. The molecular weight excluding hydrogens is 204 g/mol. The van der Waals surface area contributed by atoms with Gasteiger partial charge in [0.05, 0.1) is 5.88 Å². The topological polar surface area (TPSA) is 60.2 Å². The maximum atomic E-state index is 10.5. The third kappa shape index (κ3) is 1.35. The van der Waals surface area contributed by atoms with Gasteiger partial charge in [0, 0.05) is 5.69 Å².